The maximum Gasteiger partial charge on any atom is 0.105 e. The first-order valence-corrected chi connectivity index (χ1v) is 9.30. The molecule has 2 fully saturated rings. The summed E-state index contributed by atoms with van der Waals surface area (Å²) in [5, 5.41) is 20.0. The molecule has 3 rings (SSSR count). The third-order valence-corrected chi connectivity index (χ3v) is 5.52. The number of aromatic nitrogens is 1. The van der Waals surface area contributed by atoms with Gasteiger partial charge in [-0.2, -0.15) is 0 Å². The largest absolute Gasteiger partial charge is 0.389 e. The lowest BCUT2D eigenvalue weighted by Gasteiger charge is -2.40. The Morgan fingerprint density at radius 3 is 2.72 bits per heavy atom. The Kier molecular flexibility index (Phi) is 6.41. The van der Waals surface area contributed by atoms with Crippen LogP contribution in [0.1, 0.15) is 24.0 Å². The number of rotatable bonds is 5. The third kappa shape index (κ3) is 4.99. The standard InChI is InChI=1S/C19H31N3O3/c1-14-7-16(9-20-8-14)11-22-5-3-15(4-6-22)10-21(2)17-12-25-13-18(23)19(17)24/h7-9,15,17-19,23-24H,3-6,10-13H2,1-2H3/t17-,18-,19+/m1/s1. The Hall–Kier alpha value is -1.05. The van der Waals surface area contributed by atoms with E-state index in [0.717, 1.165) is 39.0 Å². The second kappa shape index (κ2) is 8.56. The summed E-state index contributed by atoms with van der Waals surface area (Å²) >= 11 is 0. The molecule has 6 nitrogen and oxygen atoms in total. The minimum Gasteiger partial charge on any atom is -0.389 e. The summed E-state index contributed by atoms with van der Waals surface area (Å²) < 4.78 is 5.40. The van der Waals surface area contributed by atoms with E-state index in [1.165, 1.54) is 11.1 Å². The zero-order chi connectivity index (χ0) is 17.8. The van der Waals surface area contributed by atoms with Crippen LogP contribution in [0.3, 0.4) is 0 Å². The van der Waals surface area contributed by atoms with Crippen LogP contribution in [0.5, 0.6) is 0 Å². The van der Waals surface area contributed by atoms with E-state index in [1.807, 2.05) is 19.4 Å². The molecule has 140 valence electrons. The van der Waals surface area contributed by atoms with Crippen LogP contribution in [0.4, 0.5) is 0 Å². The first-order chi connectivity index (χ1) is 12.0. The molecule has 2 aliphatic rings. The highest BCUT2D eigenvalue weighted by molar-refractivity contribution is 5.16. The Labute approximate surface area is 150 Å². The first-order valence-electron chi connectivity index (χ1n) is 9.30. The number of aryl methyl sites for hydroxylation is 1. The highest BCUT2D eigenvalue weighted by Gasteiger charge is 2.34. The van der Waals surface area contributed by atoms with Gasteiger partial charge in [-0.3, -0.25) is 14.8 Å². The van der Waals surface area contributed by atoms with E-state index in [2.05, 4.69) is 27.8 Å². The van der Waals surface area contributed by atoms with Crippen LogP contribution in [-0.4, -0.2) is 83.1 Å². The molecule has 0 aromatic carbocycles. The van der Waals surface area contributed by atoms with Crippen molar-refractivity contribution in [3.8, 4) is 0 Å². The number of hydrogen-bond acceptors (Lipinski definition) is 6. The maximum atomic E-state index is 10.2. The molecule has 25 heavy (non-hydrogen) atoms. The number of likely N-dealkylation sites (N-methyl/N-ethyl adjacent to an activating group) is 1. The summed E-state index contributed by atoms with van der Waals surface area (Å²) in [6.07, 6.45) is 4.69. The lowest BCUT2D eigenvalue weighted by atomic mass is 9.94. The van der Waals surface area contributed by atoms with Gasteiger partial charge in [-0.1, -0.05) is 6.07 Å². The molecule has 2 aliphatic heterocycles. The van der Waals surface area contributed by atoms with Crippen molar-refractivity contribution in [2.24, 2.45) is 5.92 Å². The molecule has 0 aliphatic carbocycles. The molecule has 1 aromatic rings. The predicted octanol–water partition coefficient (Wildman–Crippen LogP) is 0.654. The fourth-order valence-electron chi connectivity index (χ4n) is 3.98. The van der Waals surface area contributed by atoms with Gasteiger partial charge in [0, 0.05) is 25.5 Å². The fourth-order valence-corrected chi connectivity index (χ4v) is 3.98. The molecular formula is C19H31N3O3. The number of piperidine rings is 1. The van der Waals surface area contributed by atoms with E-state index < -0.39 is 12.2 Å². The van der Waals surface area contributed by atoms with Crippen molar-refractivity contribution in [1.29, 1.82) is 0 Å². The number of pyridine rings is 1. The Bertz CT molecular complexity index is 548. The van der Waals surface area contributed by atoms with Crippen LogP contribution >= 0.6 is 0 Å². The molecule has 0 amide bonds. The molecule has 2 N–H and O–H groups in total. The first kappa shape index (κ1) is 18.7. The van der Waals surface area contributed by atoms with Crippen LogP contribution in [0.2, 0.25) is 0 Å². The molecule has 3 heterocycles. The lowest BCUT2D eigenvalue weighted by molar-refractivity contribution is -0.130. The van der Waals surface area contributed by atoms with Gasteiger partial charge in [0.15, 0.2) is 0 Å². The zero-order valence-corrected chi connectivity index (χ0v) is 15.3. The van der Waals surface area contributed by atoms with E-state index in [9.17, 15) is 10.2 Å². The molecule has 0 radical (unpaired) electrons. The van der Waals surface area contributed by atoms with Gasteiger partial charge in [0.1, 0.15) is 6.10 Å². The van der Waals surface area contributed by atoms with E-state index in [1.54, 1.807) is 0 Å². The monoisotopic (exact) mass is 349 g/mol. The Morgan fingerprint density at radius 1 is 1.24 bits per heavy atom. The Balaban J connectivity index is 1.44. The van der Waals surface area contributed by atoms with Gasteiger partial charge in [-0.25, -0.2) is 0 Å². The van der Waals surface area contributed by atoms with Gasteiger partial charge in [0.05, 0.1) is 25.4 Å². The van der Waals surface area contributed by atoms with E-state index in [-0.39, 0.29) is 12.6 Å². The molecule has 0 saturated carbocycles. The van der Waals surface area contributed by atoms with Crippen molar-refractivity contribution in [3.05, 3.63) is 29.6 Å². The second-order valence-electron chi connectivity index (χ2n) is 7.69. The lowest BCUT2D eigenvalue weighted by Crippen LogP contribution is -2.56. The number of nitrogens with zero attached hydrogens (tertiary/aromatic N) is 3. The number of likely N-dealkylation sites (tertiary alicyclic amines) is 1. The summed E-state index contributed by atoms with van der Waals surface area (Å²) in [6.45, 7) is 6.92. The molecule has 2 saturated heterocycles. The molecule has 3 atom stereocenters. The number of ether oxygens (including phenoxy) is 1. The van der Waals surface area contributed by atoms with Crippen LogP contribution in [0.15, 0.2) is 18.5 Å². The summed E-state index contributed by atoms with van der Waals surface area (Å²) in [5.41, 5.74) is 2.50. The van der Waals surface area contributed by atoms with Crippen molar-refractivity contribution in [3.63, 3.8) is 0 Å². The fraction of sp³-hybridized carbons (Fsp3) is 0.737. The van der Waals surface area contributed by atoms with Gasteiger partial charge in [0.25, 0.3) is 0 Å². The van der Waals surface area contributed by atoms with Crippen LogP contribution < -0.4 is 0 Å². The van der Waals surface area contributed by atoms with E-state index in [4.69, 9.17) is 4.74 Å². The van der Waals surface area contributed by atoms with Crippen LogP contribution in [-0.2, 0) is 11.3 Å². The summed E-state index contributed by atoms with van der Waals surface area (Å²) in [7, 11) is 2.03. The highest BCUT2D eigenvalue weighted by atomic mass is 16.5. The predicted molar refractivity (Wildman–Crippen MR) is 96.2 cm³/mol. The molecule has 0 spiro atoms. The summed E-state index contributed by atoms with van der Waals surface area (Å²) in [5.74, 6) is 0.628. The molecule has 6 heteroatoms. The quantitative estimate of drug-likeness (QED) is 0.814. The number of hydrogen-bond donors (Lipinski definition) is 2. The Morgan fingerprint density at radius 2 is 2.00 bits per heavy atom. The van der Waals surface area contributed by atoms with Gasteiger partial charge in [-0.05, 0) is 56.9 Å². The smallest absolute Gasteiger partial charge is 0.105 e. The number of aliphatic hydroxyl groups excluding tert-OH is 2. The van der Waals surface area contributed by atoms with Crippen molar-refractivity contribution in [2.75, 3.05) is 39.9 Å². The average molecular weight is 349 g/mol. The number of aliphatic hydroxyl groups is 2. The second-order valence-corrected chi connectivity index (χ2v) is 7.69. The molecular weight excluding hydrogens is 318 g/mol. The molecule has 1 aromatic heterocycles. The van der Waals surface area contributed by atoms with Crippen molar-refractivity contribution < 1.29 is 14.9 Å². The van der Waals surface area contributed by atoms with Gasteiger partial charge >= 0.3 is 0 Å². The van der Waals surface area contributed by atoms with Crippen LogP contribution in [0, 0.1) is 12.8 Å². The van der Waals surface area contributed by atoms with Crippen molar-refractivity contribution in [2.45, 2.75) is 44.6 Å². The van der Waals surface area contributed by atoms with Crippen molar-refractivity contribution >= 4 is 0 Å². The topological polar surface area (TPSA) is 69.1 Å². The van der Waals surface area contributed by atoms with E-state index in [0.29, 0.717) is 12.5 Å². The highest BCUT2D eigenvalue weighted by Crippen LogP contribution is 2.22. The molecule has 0 bridgehead atoms. The zero-order valence-electron chi connectivity index (χ0n) is 15.3. The van der Waals surface area contributed by atoms with Gasteiger partial charge in [-0.15, -0.1) is 0 Å². The average Bonchev–Trinajstić information content (AvgIpc) is 2.59. The maximum absolute atomic E-state index is 10.2. The van der Waals surface area contributed by atoms with Crippen LogP contribution in [0.25, 0.3) is 0 Å². The minimum atomic E-state index is -0.772. The summed E-state index contributed by atoms with van der Waals surface area (Å²) in [4.78, 5) is 8.94. The van der Waals surface area contributed by atoms with Crippen molar-refractivity contribution in [1.82, 2.24) is 14.8 Å². The van der Waals surface area contributed by atoms with Gasteiger partial charge < -0.3 is 14.9 Å². The summed E-state index contributed by atoms with van der Waals surface area (Å²) in [6, 6.07) is 2.10. The SMILES string of the molecule is Cc1cncc(CN2CCC(CN(C)[C@@H]3COC[C@@H](O)[C@H]3O)CC2)c1. The molecule has 0 unspecified atom stereocenters. The third-order valence-electron chi connectivity index (χ3n) is 5.52. The normalized spacial score (nSPS) is 29.2. The van der Waals surface area contributed by atoms with Gasteiger partial charge in [0.2, 0.25) is 0 Å². The van der Waals surface area contributed by atoms with E-state index >= 15 is 0 Å². The minimum absolute atomic E-state index is 0.111.